The van der Waals surface area contributed by atoms with Gasteiger partial charge in [-0.05, 0) is 39.2 Å². The summed E-state index contributed by atoms with van der Waals surface area (Å²) in [6, 6.07) is 1.54. The summed E-state index contributed by atoms with van der Waals surface area (Å²) in [4.78, 5) is 11.9. The minimum absolute atomic E-state index is 0.250. The van der Waals surface area contributed by atoms with Gasteiger partial charge in [0.1, 0.15) is 11.5 Å². The van der Waals surface area contributed by atoms with Crippen molar-refractivity contribution in [3.63, 3.8) is 0 Å². The van der Waals surface area contributed by atoms with Crippen molar-refractivity contribution in [1.82, 2.24) is 4.72 Å². The third kappa shape index (κ3) is 4.09. The molecule has 1 unspecified atom stereocenters. The Morgan fingerprint density at radius 3 is 2.32 bits per heavy atom. The van der Waals surface area contributed by atoms with Crippen molar-refractivity contribution in [3.8, 4) is 0 Å². The molecular formula is C13H21NO4S. The van der Waals surface area contributed by atoms with Gasteiger partial charge in [-0.15, -0.1) is 0 Å². The fourth-order valence-electron chi connectivity index (χ4n) is 1.93. The number of nitrogens with one attached hydrogen (secondary N) is 1. The van der Waals surface area contributed by atoms with Crippen LogP contribution in [0.3, 0.4) is 0 Å². The largest absolute Gasteiger partial charge is 0.466 e. The molecule has 0 aromatic carbocycles. The number of carbonyl (C=O) groups is 1. The van der Waals surface area contributed by atoms with E-state index < -0.39 is 21.2 Å². The van der Waals surface area contributed by atoms with E-state index in [4.69, 9.17) is 4.42 Å². The molecule has 5 nitrogen and oxygen atoms in total. The number of rotatable bonds is 5. The normalized spacial score (nSPS) is 13.6. The van der Waals surface area contributed by atoms with Gasteiger partial charge in [0.25, 0.3) is 5.91 Å². The third-order valence-corrected chi connectivity index (χ3v) is 4.58. The van der Waals surface area contributed by atoms with Crippen LogP contribution in [0.1, 0.15) is 49.1 Å². The zero-order chi connectivity index (χ0) is 14.8. The monoisotopic (exact) mass is 287 g/mol. The van der Waals surface area contributed by atoms with Crippen LogP contribution >= 0.6 is 0 Å². The van der Waals surface area contributed by atoms with Crippen LogP contribution in [-0.4, -0.2) is 19.6 Å². The van der Waals surface area contributed by atoms with Crippen molar-refractivity contribution < 1.29 is 17.6 Å². The van der Waals surface area contributed by atoms with E-state index in [1.54, 1.807) is 20.8 Å². The summed E-state index contributed by atoms with van der Waals surface area (Å²) in [5.41, 5.74) is 0.262. The number of furan rings is 1. The molecule has 0 saturated carbocycles. The van der Waals surface area contributed by atoms with Gasteiger partial charge in [0.05, 0.1) is 10.8 Å². The predicted octanol–water partition coefficient (Wildman–Crippen LogP) is 2.39. The van der Waals surface area contributed by atoms with Crippen LogP contribution in [0.5, 0.6) is 0 Å². The van der Waals surface area contributed by atoms with Crippen LogP contribution in [-0.2, 0) is 10.0 Å². The predicted molar refractivity (Wildman–Crippen MR) is 73.5 cm³/mol. The van der Waals surface area contributed by atoms with Crippen LogP contribution in [0.15, 0.2) is 10.5 Å². The standard InChI is InChI=1S/C13H21NO4S/c1-8(2)6-10(4)19(16,17)14-13(15)12-7-9(3)18-11(12)5/h7-8,10H,6H2,1-5H3,(H,14,15). The summed E-state index contributed by atoms with van der Waals surface area (Å²) >= 11 is 0. The van der Waals surface area contributed by atoms with E-state index in [-0.39, 0.29) is 11.5 Å². The number of sulfonamides is 1. The summed E-state index contributed by atoms with van der Waals surface area (Å²) in [6.07, 6.45) is 0.506. The van der Waals surface area contributed by atoms with E-state index in [1.807, 2.05) is 13.8 Å². The van der Waals surface area contributed by atoms with Crippen LogP contribution in [0.25, 0.3) is 0 Å². The molecule has 1 aromatic rings. The molecule has 19 heavy (non-hydrogen) atoms. The van der Waals surface area contributed by atoms with Crippen molar-refractivity contribution in [3.05, 3.63) is 23.2 Å². The Kier molecular flexibility index (Phi) is 4.79. The van der Waals surface area contributed by atoms with Gasteiger partial charge in [-0.3, -0.25) is 4.79 Å². The lowest BCUT2D eigenvalue weighted by Crippen LogP contribution is -2.37. The maximum absolute atomic E-state index is 12.0. The SMILES string of the molecule is Cc1cc(C(=O)NS(=O)(=O)C(C)CC(C)C)c(C)o1. The number of hydrogen-bond donors (Lipinski definition) is 1. The topological polar surface area (TPSA) is 76.4 Å². The van der Waals surface area contributed by atoms with E-state index in [1.165, 1.54) is 6.07 Å². The molecule has 1 amide bonds. The molecular weight excluding hydrogens is 266 g/mol. The molecule has 1 rings (SSSR count). The molecule has 1 atom stereocenters. The summed E-state index contributed by atoms with van der Waals surface area (Å²) in [7, 11) is -3.65. The molecule has 108 valence electrons. The van der Waals surface area contributed by atoms with Crippen molar-refractivity contribution in [1.29, 1.82) is 0 Å². The Morgan fingerprint density at radius 2 is 1.89 bits per heavy atom. The lowest BCUT2D eigenvalue weighted by molar-refractivity contribution is 0.0979. The second-order valence-corrected chi connectivity index (χ2v) is 7.34. The number of aryl methyl sites for hydroxylation is 2. The lowest BCUT2D eigenvalue weighted by atomic mass is 10.1. The summed E-state index contributed by atoms with van der Waals surface area (Å²) in [5.74, 6) is 0.613. The van der Waals surface area contributed by atoms with Crippen LogP contribution in [0.4, 0.5) is 0 Å². The van der Waals surface area contributed by atoms with Gasteiger partial charge in [0, 0.05) is 0 Å². The van der Waals surface area contributed by atoms with E-state index in [0.717, 1.165) is 0 Å². The molecule has 1 heterocycles. The second-order valence-electron chi connectivity index (χ2n) is 5.24. The maximum Gasteiger partial charge on any atom is 0.268 e. The van der Waals surface area contributed by atoms with Crippen molar-refractivity contribution in [2.75, 3.05) is 0 Å². The highest BCUT2D eigenvalue weighted by Crippen LogP contribution is 2.16. The third-order valence-electron chi connectivity index (χ3n) is 2.85. The molecule has 1 aromatic heterocycles. The summed E-state index contributed by atoms with van der Waals surface area (Å²) in [6.45, 7) is 8.82. The van der Waals surface area contributed by atoms with Crippen LogP contribution < -0.4 is 4.72 Å². The number of carbonyl (C=O) groups excluding carboxylic acids is 1. The Labute approximate surface area is 114 Å². The zero-order valence-corrected chi connectivity index (χ0v) is 12.8. The molecule has 0 aliphatic heterocycles. The fraction of sp³-hybridized carbons (Fsp3) is 0.615. The second kappa shape index (κ2) is 5.77. The lowest BCUT2D eigenvalue weighted by Gasteiger charge is -2.15. The van der Waals surface area contributed by atoms with Gasteiger partial charge in [0.15, 0.2) is 0 Å². The van der Waals surface area contributed by atoms with Crippen molar-refractivity contribution in [2.45, 2.75) is 46.3 Å². The Bertz CT molecular complexity index is 557. The molecule has 6 heteroatoms. The first-order valence-electron chi connectivity index (χ1n) is 6.26. The molecule has 0 aliphatic carbocycles. The summed E-state index contributed by atoms with van der Waals surface area (Å²) < 4.78 is 31.3. The number of amides is 1. The van der Waals surface area contributed by atoms with E-state index in [2.05, 4.69) is 4.72 Å². The average Bonchev–Trinajstić information content (AvgIpc) is 2.56. The molecule has 0 saturated heterocycles. The highest BCUT2D eigenvalue weighted by atomic mass is 32.2. The first-order valence-corrected chi connectivity index (χ1v) is 7.81. The van der Waals surface area contributed by atoms with Crippen LogP contribution in [0.2, 0.25) is 0 Å². The molecule has 0 radical (unpaired) electrons. The minimum atomic E-state index is -3.65. The minimum Gasteiger partial charge on any atom is -0.466 e. The maximum atomic E-state index is 12.0. The van der Waals surface area contributed by atoms with Gasteiger partial charge in [-0.1, -0.05) is 13.8 Å². The van der Waals surface area contributed by atoms with Crippen LogP contribution in [0, 0.1) is 19.8 Å². The smallest absolute Gasteiger partial charge is 0.268 e. The fourth-order valence-corrected chi connectivity index (χ4v) is 3.14. The zero-order valence-electron chi connectivity index (χ0n) is 12.0. The van der Waals surface area contributed by atoms with Crippen molar-refractivity contribution >= 4 is 15.9 Å². The van der Waals surface area contributed by atoms with Crippen molar-refractivity contribution in [2.24, 2.45) is 5.92 Å². The highest BCUT2D eigenvalue weighted by Gasteiger charge is 2.25. The van der Waals surface area contributed by atoms with Gasteiger partial charge >= 0.3 is 0 Å². The molecule has 0 fully saturated rings. The molecule has 0 spiro atoms. The molecule has 1 N–H and O–H groups in total. The quantitative estimate of drug-likeness (QED) is 0.902. The van der Waals surface area contributed by atoms with Gasteiger partial charge in [0.2, 0.25) is 10.0 Å². The highest BCUT2D eigenvalue weighted by molar-refractivity contribution is 7.90. The first kappa shape index (κ1) is 15.8. The molecule has 0 aliphatic rings. The number of hydrogen-bond acceptors (Lipinski definition) is 4. The summed E-state index contributed by atoms with van der Waals surface area (Å²) in [5, 5.41) is -0.607. The Hall–Kier alpha value is -1.30. The Balaban J connectivity index is 2.84. The average molecular weight is 287 g/mol. The van der Waals surface area contributed by atoms with Gasteiger partial charge in [-0.2, -0.15) is 0 Å². The Morgan fingerprint density at radius 1 is 1.32 bits per heavy atom. The van der Waals surface area contributed by atoms with E-state index in [9.17, 15) is 13.2 Å². The first-order chi connectivity index (χ1) is 8.63. The van der Waals surface area contributed by atoms with Gasteiger partial charge in [-0.25, -0.2) is 13.1 Å². The van der Waals surface area contributed by atoms with E-state index in [0.29, 0.717) is 17.9 Å². The van der Waals surface area contributed by atoms with Gasteiger partial charge < -0.3 is 4.42 Å². The molecule has 0 bridgehead atoms. The van der Waals surface area contributed by atoms with E-state index >= 15 is 0 Å².